The molecule has 51 heavy (non-hydrogen) atoms. The van der Waals surface area contributed by atoms with Gasteiger partial charge in [0.1, 0.15) is 5.75 Å². The molecule has 0 amide bonds. The van der Waals surface area contributed by atoms with Crippen molar-refractivity contribution >= 4 is 16.6 Å². The van der Waals surface area contributed by atoms with E-state index in [1.807, 2.05) is 36.4 Å². The molecule has 3 fully saturated rings. The van der Waals surface area contributed by atoms with Crippen LogP contribution in [-0.2, 0) is 6.54 Å². The first-order valence-electron chi connectivity index (χ1n) is 18.9. The van der Waals surface area contributed by atoms with Gasteiger partial charge in [0.2, 0.25) is 0 Å². The van der Waals surface area contributed by atoms with E-state index >= 15 is 0 Å². The topological polar surface area (TPSA) is 110 Å². The molecule has 6 aliphatic rings. The fraction of sp³-hybridized carbons (Fsp3) is 0.523. The molecule has 0 aromatic heterocycles. The normalized spacial score (nSPS) is 37.1. The summed E-state index contributed by atoms with van der Waals surface area (Å²) in [6, 6.07) is 22.0. The number of allylic oxidation sites excluding steroid dienone is 4. The van der Waals surface area contributed by atoms with Crippen LogP contribution in [0.1, 0.15) is 74.7 Å². The Balaban J connectivity index is 1.19. The van der Waals surface area contributed by atoms with E-state index in [4.69, 9.17) is 4.74 Å². The predicted molar refractivity (Wildman–Crippen MR) is 198 cm³/mol. The largest absolute Gasteiger partial charge is 0.497 e. The van der Waals surface area contributed by atoms with Gasteiger partial charge in [0, 0.05) is 47.0 Å². The monoisotopic (exact) mass is 691 g/mol. The Kier molecular flexibility index (Phi) is 8.43. The molecule has 0 heterocycles. The number of fused-ring (bicyclic) bond motifs is 2. The zero-order valence-corrected chi connectivity index (χ0v) is 30.2. The molecular weight excluding hydrogens is 638 g/mol. The number of aliphatic hydroxyl groups is 4. The van der Waals surface area contributed by atoms with Gasteiger partial charge in [0.25, 0.3) is 0 Å². The third-order valence-electron chi connectivity index (χ3n) is 14.7. The molecule has 0 saturated heterocycles. The number of ether oxygens (including phenoxy) is 1. The maximum Gasteiger partial charge on any atom is 0.189 e. The lowest BCUT2D eigenvalue weighted by Gasteiger charge is -2.71. The van der Waals surface area contributed by atoms with E-state index in [-0.39, 0.29) is 36.2 Å². The fourth-order valence-corrected chi connectivity index (χ4v) is 12.1. The van der Waals surface area contributed by atoms with Gasteiger partial charge in [0.15, 0.2) is 5.78 Å². The summed E-state index contributed by atoms with van der Waals surface area (Å²) >= 11 is 0. The van der Waals surface area contributed by atoms with E-state index in [0.29, 0.717) is 37.2 Å². The maximum atomic E-state index is 14.9. The Morgan fingerprint density at radius 1 is 0.922 bits per heavy atom. The Morgan fingerprint density at radius 2 is 1.63 bits per heavy atom. The lowest BCUT2D eigenvalue weighted by atomic mass is 9.32. The van der Waals surface area contributed by atoms with Crippen LogP contribution >= 0.6 is 0 Å². The summed E-state index contributed by atoms with van der Waals surface area (Å²) in [5, 5.41) is 47.1. The van der Waals surface area contributed by atoms with Gasteiger partial charge in [0.05, 0.1) is 31.5 Å². The second kappa shape index (κ2) is 12.4. The number of rotatable bonds is 10. The Hall–Kier alpha value is -3.33. The zero-order valence-electron chi connectivity index (χ0n) is 30.2. The first-order chi connectivity index (χ1) is 24.4. The number of Topliss-reactive ketones (excluding diaryl/α,β-unsaturated/α-hetero) is 1. The second-order valence-electron chi connectivity index (χ2n) is 17.0. The fourth-order valence-electron chi connectivity index (χ4n) is 12.1. The van der Waals surface area contributed by atoms with Crippen LogP contribution in [0.3, 0.4) is 0 Å². The molecule has 7 nitrogen and oxygen atoms in total. The summed E-state index contributed by atoms with van der Waals surface area (Å²) in [5.41, 5.74) is -0.0970. The van der Waals surface area contributed by atoms with Gasteiger partial charge in [-0.2, -0.15) is 0 Å². The van der Waals surface area contributed by atoms with Crippen molar-refractivity contribution in [1.82, 2.24) is 4.90 Å². The van der Waals surface area contributed by atoms with Crippen LogP contribution in [0.5, 0.6) is 5.75 Å². The van der Waals surface area contributed by atoms with Crippen molar-refractivity contribution in [1.29, 1.82) is 0 Å². The maximum absolute atomic E-state index is 14.9. The molecule has 3 aromatic carbocycles. The molecule has 9 atom stereocenters. The van der Waals surface area contributed by atoms with Crippen molar-refractivity contribution in [2.24, 2.45) is 33.5 Å². The summed E-state index contributed by atoms with van der Waals surface area (Å²) in [5.74, 6) is 0.946. The molecule has 2 spiro atoms. The molecule has 3 aromatic rings. The second-order valence-corrected chi connectivity index (χ2v) is 17.0. The average molecular weight is 692 g/mol. The van der Waals surface area contributed by atoms with E-state index in [2.05, 4.69) is 67.3 Å². The van der Waals surface area contributed by atoms with Crippen LogP contribution in [0.2, 0.25) is 0 Å². The Bertz CT molecular complexity index is 1880. The van der Waals surface area contributed by atoms with Gasteiger partial charge < -0.3 is 25.2 Å². The molecule has 7 heteroatoms. The number of aliphatic hydroxyl groups excluding tert-OH is 3. The summed E-state index contributed by atoms with van der Waals surface area (Å²) < 4.78 is 5.41. The predicted octanol–water partition coefficient (Wildman–Crippen LogP) is 6.48. The highest BCUT2D eigenvalue weighted by atomic mass is 16.5. The van der Waals surface area contributed by atoms with Crippen molar-refractivity contribution in [3.05, 3.63) is 102 Å². The molecule has 6 aliphatic carbocycles. The SMILES string of the molecule is COc1ccc(C(=O)C2=C[C@@]34C=C[C@@]25[C@@H]2CC[C@@](O)(CN(Cc6cccc7ccccc67)C[C@H](O)CO)[C@@]2(C)CC[C@@H]5[C@@]3(C)CCC(O)C4)cc1. The van der Waals surface area contributed by atoms with Gasteiger partial charge in [-0.3, -0.25) is 9.69 Å². The molecule has 270 valence electrons. The zero-order chi connectivity index (χ0) is 35.8. The summed E-state index contributed by atoms with van der Waals surface area (Å²) in [6.45, 7) is 5.42. The highest BCUT2D eigenvalue weighted by molar-refractivity contribution is 6.10. The molecule has 0 aliphatic heterocycles. The third-order valence-corrected chi connectivity index (χ3v) is 14.7. The average Bonchev–Trinajstić information content (AvgIpc) is 3.40. The molecule has 4 N–H and O–H groups in total. The summed E-state index contributed by atoms with van der Waals surface area (Å²) in [4.78, 5) is 17.0. The first-order valence-corrected chi connectivity index (χ1v) is 18.9. The molecule has 0 radical (unpaired) electrons. The van der Waals surface area contributed by atoms with Crippen molar-refractivity contribution < 1.29 is 30.0 Å². The lowest BCUT2D eigenvalue weighted by molar-refractivity contribution is -0.177. The van der Waals surface area contributed by atoms with Crippen molar-refractivity contribution in [2.75, 3.05) is 26.8 Å². The highest BCUT2D eigenvalue weighted by Gasteiger charge is 2.74. The number of nitrogens with zero attached hydrogens (tertiary/aromatic N) is 1. The smallest absolute Gasteiger partial charge is 0.189 e. The van der Waals surface area contributed by atoms with Crippen molar-refractivity contribution in [3.8, 4) is 5.75 Å². The Labute approximate surface area is 301 Å². The highest BCUT2D eigenvalue weighted by Crippen LogP contribution is 2.78. The number of ketones is 1. The quantitative estimate of drug-likeness (QED) is 0.142. The lowest BCUT2D eigenvalue weighted by Crippen LogP contribution is -2.67. The van der Waals surface area contributed by atoms with E-state index in [1.165, 1.54) is 0 Å². The van der Waals surface area contributed by atoms with Crippen molar-refractivity contribution in [2.45, 2.75) is 83.1 Å². The molecule has 1 unspecified atom stereocenters. The minimum absolute atomic E-state index is 0.0163. The number of hydrogen-bond acceptors (Lipinski definition) is 7. The molecule has 3 saturated carbocycles. The standard InChI is InChI=1S/C44H53NO6/c1-40-18-15-32(47)23-42(40)21-22-44(36(24-42)39(49)30-11-13-34(51-3)14-12-30)37(40)16-19-41(2)38(44)17-20-43(41,50)28-45(26-33(48)27-46)25-31-9-6-8-29-7-4-5-10-35(29)31/h4-14,21-22,24,32-33,37-38,46-48,50H,15-20,23,25-28H2,1-3H3/t32?,33-,37+,38+,40+,41-,42-,43+,44+/m0/s1. The molecule has 9 rings (SSSR count). The number of benzene rings is 3. The number of carbonyl (C=O) groups excluding carboxylic acids is 1. The number of hydrogen-bond donors (Lipinski definition) is 4. The van der Waals surface area contributed by atoms with Gasteiger partial charge in [-0.25, -0.2) is 0 Å². The van der Waals surface area contributed by atoms with Crippen LogP contribution in [-0.4, -0.2) is 75.7 Å². The van der Waals surface area contributed by atoms with E-state index in [1.54, 1.807) is 7.11 Å². The summed E-state index contributed by atoms with van der Waals surface area (Å²) in [7, 11) is 1.62. The molecule has 2 bridgehead atoms. The number of methoxy groups -OCH3 is 1. The van der Waals surface area contributed by atoms with Crippen LogP contribution in [0, 0.1) is 33.5 Å². The van der Waals surface area contributed by atoms with Crippen LogP contribution in [0.25, 0.3) is 10.8 Å². The third kappa shape index (κ3) is 5.06. The van der Waals surface area contributed by atoms with Gasteiger partial charge in [-0.15, -0.1) is 0 Å². The minimum atomic E-state index is -1.09. The van der Waals surface area contributed by atoms with Crippen LogP contribution in [0.4, 0.5) is 0 Å². The van der Waals surface area contributed by atoms with Gasteiger partial charge in [-0.1, -0.05) is 74.5 Å². The minimum Gasteiger partial charge on any atom is -0.497 e. The Morgan fingerprint density at radius 3 is 2.39 bits per heavy atom. The molecular formula is C44H53NO6. The van der Waals surface area contributed by atoms with Crippen LogP contribution in [0.15, 0.2) is 90.5 Å². The van der Waals surface area contributed by atoms with E-state index < -0.39 is 34.1 Å². The van der Waals surface area contributed by atoms with Crippen molar-refractivity contribution in [3.63, 3.8) is 0 Å². The van der Waals surface area contributed by atoms with E-state index in [9.17, 15) is 25.2 Å². The first kappa shape index (κ1) is 34.7. The number of carbonyl (C=O) groups is 1. The summed E-state index contributed by atoms with van der Waals surface area (Å²) in [6.07, 6.45) is 11.0. The van der Waals surface area contributed by atoms with Gasteiger partial charge >= 0.3 is 0 Å². The van der Waals surface area contributed by atoms with Crippen LogP contribution < -0.4 is 4.74 Å². The van der Waals surface area contributed by atoms with Gasteiger partial charge in [-0.05, 0) is 103 Å². The van der Waals surface area contributed by atoms with E-state index in [0.717, 1.165) is 54.0 Å².